The molecule has 1 N–H and O–H groups in total. The summed E-state index contributed by atoms with van der Waals surface area (Å²) in [4.78, 5) is 2.59. The molecule has 0 spiro atoms. The number of rotatable bonds is 9. The maximum Gasteiger partial charge on any atom is 0.0108 e. The van der Waals surface area contributed by atoms with Gasteiger partial charge in [-0.2, -0.15) is 0 Å². The van der Waals surface area contributed by atoms with E-state index in [1.54, 1.807) is 0 Å². The van der Waals surface area contributed by atoms with E-state index >= 15 is 0 Å². The van der Waals surface area contributed by atoms with Crippen LogP contribution in [-0.2, 0) is 6.42 Å². The van der Waals surface area contributed by atoms with Crippen molar-refractivity contribution >= 4 is 0 Å². The molecule has 1 atom stereocenters. The molecule has 0 bridgehead atoms. The van der Waals surface area contributed by atoms with Crippen molar-refractivity contribution < 1.29 is 0 Å². The van der Waals surface area contributed by atoms with Crippen molar-refractivity contribution in [3.8, 4) is 0 Å². The second-order valence-corrected chi connectivity index (χ2v) is 6.86. The molecule has 2 heteroatoms. The SMILES string of the molecule is CC(C)CCC(Cc1ccccc1)NCCN1CCCC1. The summed E-state index contributed by atoms with van der Waals surface area (Å²) in [5.41, 5.74) is 1.46. The van der Waals surface area contributed by atoms with Gasteiger partial charge in [0.05, 0.1) is 0 Å². The normalized spacial score (nSPS) is 17.5. The lowest BCUT2D eigenvalue weighted by Crippen LogP contribution is -2.37. The molecule has 1 unspecified atom stereocenters. The fourth-order valence-corrected chi connectivity index (χ4v) is 3.14. The molecule has 1 fully saturated rings. The molecule has 0 amide bonds. The summed E-state index contributed by atoms with van der Waals surface area (Å²) in [6, 6.07) is 11.5. The summed E-state index contributed by atoms with van der Waals surface area (Å²) in [6.45, 7) is 9.60. The van der Waals surface area contributed by atoms with E-state index in [2.05, 4.69) is 54.4 Å². The molecular weight excluding hydrogens is 256 g/mol. The maximum absolute atomic E-state index is 3.81. The van der Waals surface area contributed by atoms with Crippen LogP contribution in [0.25, 0.3) is 0 Å². The van der Waals surface area contributed by atoms with E-state index in [0.29, 0.717) is 6.04 Å². The zero-order chi connectivity index (χ0) is 14.9. The highest BCUT2D eigenvalue weighted by Crippen LogP contribution is 2.12. The van der Waals surface area contributed by atoms with Gasteiger partial charge in [0.1, 0.15) is 0 Å². The van der Waals surface area contributed by atoms with Crippen molar-refractivity contribution in [1.29, 1.82) is 0 Å². The average molecular weight is 288 g/mol. The van der Waals surface area contributed by atoms with Crippen LogP contribution in [0, 0.1) is 5.92 Å². The fraction of sp³-hybridized carbons (Fsp3) is 0.684. The number of nitrogens with zero attached hydrogens (tertiary/aromatic N) is 1. The lowest BCUT2D eigenvalue weighted by Gasteiger charge is -2.22. The molecular formula is C19H32N2. The minimum absolute atomic E-state index is 0.623. The first-order chi connectivity index (χ1) is 10.2. The Labute approximate surface area is 130 Å². The topological polar surface area (TPSA) is 15.3 Å². The second kappa shape index (κ2) is 9.22. The minimum Gasteiger partial charge on any atom is -0.312 e. The first kappa shape index (κ1) is 16.5. The summed E-state index contributed by atoms with van der Waals surface area (Å²) in [5.74, 6) is 0.795. The van der Waals surface area contributed by atoms with Gasteiger partial charge in [-0.3, -0.25) is 0 Å². The molecule has 1 aliphatic heterocycles. The lowest BCUT2D eigenvalue weighted by atomic mass is 9.98. The third-order valence-electron chi connectivity index (χ3n) is 4.48. The van der Waals surface area contributed by atoms with Crippen LogP contribution in [0.4, 0.5) is 0 Å². The Hall–Kier alpha value is -0.860. The summed E-state index contributed by atoms with van der Waals surface area (Å²) in [6.07, 6.45) is 6.54. The average Bonchev–Trinajstić information content (AvgIpc) is 2.99. The molecule has 2 rings (SSSR count). The van der Waals surface area contributed by atoms with Crippen LogP contribution >= 0.6 is 0 Å². The van der Waals surface area contributed by atoms with E-state index < -0.39 is 0 Å². The maximum atomic E-state index is 3.81. The van der Waals surface area contributed by atoms with E-state index in [4.69, 9.17) is 0 Å². The van der Waals surface area contributed by atoms with Gasteiger partial charge in [0.2, 0.25) is 0 Å². The van der Waals surface area contributed by atoms with Crippen LogP contribution in [0.3, 0.4) is 0 Å². The standard InChI is InChI=1S/C19H32N2/c1-17(2)10-11-19(16-18-8-4-3-5-9-18)20-12-15-21-13-6-7-14-21/h3-5,8-9,17,19-20H,6-7,10-16H2,1-2H3. The molecule has 0 saturated carbocycles. The van der Waals surface area contributed by atoms with E-state index in [-0.39, 0.29) is 0 Å². The van der Waals surface area contributed by atoms with Crippen LogP contribution in [0.2, 0.25) is 0 Å². The zero-order valence-electron chi connectivity index (χ0n) is 13.9. The molecule has 1 aromatic carbocycles. The molecule has 21 heavy (non-hydrogen) atoms. The minimum atomic E-state index is 0.623. The van der Waals surface area contributed by atoms with E-state index in [0.717, 1.165) is 18.9 Å². The zero-order valence-corrected chi connectivity index (χ0v) is 13.9. The highest BCUT2D eigenvalue weighted by atomic mass is 15.2. The summed E-state index contributed by atoms with van der Waals surface area (Å²) >= 11 is 0. The summed E-state index contributed by atoms with van der Waals surface area (Å²) in [7, 11) is 0. The highest BCUT2D eigenvalue weighted by molar-refractivity contribution is 5.15. The molecule has 2 nitrogen and oxygen atoms in total. The molecule has 1 saturated heterocycles. The van der Waals surface area contributed by atoms with Crippen molar-refractivity contribution in [1.82, 2.24) is 10.2 Å². The number of likely N-dealkylation sites (tertiary alicyclic amines) is 1. The van der Waals surface area contributed by atoms with Gasteiger partial charge in [-0.15, -0.1) is 0 Å². The van der Waals surface area contributed by atoms with Crippen LogP contribution in [-0.4, -0.2) is 37.1 Å². The van der Waals surface area contributed by atoms with Gasteiger partial charge in [-0.05, 0) is 56.7 Å². The molecule has 0 radical (unpaired) electrons. The predicted octanol–water partition coefficient (Wildman–Crippen LogP) is 3.72. The highest BCUT2D eigenvalue weighted by Gasteiger charge is 2.13. The van der Waals surface area contributed by atoms with E-state index in [1.807, 2.05) is 0 Å². The van der Waals surface area contributed by atoms with Gasteiger partial charge >= 0.3 is 0 Å². The second-order valence-electron chi connectivity index (χ2n) is 6.86. The number of hydrogen-bond donors (Lipinski definition) is 1. The Balaban J connectivity index is 1.76. The van der Waals surface area contributed by atoms with Gasteiger partial charge in [0.15, 0.2) is 0 Å². The first-order valence-electron chi connectivity index (χ1n) is 8.73. The Morgan fingerprint density at radius 1 is 1.05 bits per heavy atom. The molecule has 1 aromatic rings. The van der Waals surface area contributed by atoms with Gasteiger partial charge < -0.3 is 10.2 Å². The summed E-state index contributed by atoms with van der Waals surface area (Å²) in [5, 5.41) is 3.81. The van der Waals surface area contributed by atoms with Gasteiger partial charge in [-0.1, -0.05) is 44.2 Å². The van der Waals surface area contributed by atoms with Gasteiger partial charge in [0, 0.05) is 19.1 Å². The molecule has 0 aromatic heterocycles. The number of nitrogens with one attached hydrogen (secondary N) is 1. The van der Waals surface area contributed by atoms with Gasteiger partial charge in [0.25, 0.3) is 0 Å². The smallest absolute Gasteiger partial charge is 0.0108 e. The third-order valence-corrected chi connectivity index (χ3v) is 4.48. The number of benzene rings is 1. The molecule has 1 aliphatic rings. The van der Waals surface area contributed by atoms with Crippen molar-refractivity contribution in [3.05, 3.63) is 35.9 Å². The number of hydrogen-bond acceptors (Lipinski definition) is 2. The van der Waals surface area contributed by atoms with Crippen LogP contribution in [0.5, 0.6) is 0 Å². The predicted molar refractivity (Wildman–Crippen MR) is 91.7 cm³/mol. The first-order valence-corrected chi connectivity index (χ1v) is 8.73. The lowest BCUT2D eigenvalue weighted by molar-refractivity contribution is 0.320. The Morgan fingerprint density at radius 3 is 2.43 bits per heavy atom. The van der Waals surface area contributed by atoms with Crippen molar-refractivity contribution in [2.24, 2.45) is 5.92 Å². The Morgan fingerprint density at radius 2 is 1.76 bits per heavy atom. The summed E-state index contributed by atoms with van der Waals surface area (Å²) < 4.78 is 0. The monoisotopic (exact) mass is 288 g/mol. The quantitative estimate of drug-likeness (QED) is 0.745. The third kappa shape index (κ3) is 6.62. The van der Waals surface area contributed by atoms with Gasteiger partial charge in [-0.25, -0.2) is 0 Å². The molecule has 0 aliphatic carbocycles. The van der Waals surface area contributed by atoms with Crippen LogP contribution in [0.1, 0.15) is 45.1 Å². The van der Waals surface area contributed by atoms with E-state index in [9.17, 15) is 0 Å². The Bertz CT molecular complexity index is 368. The Kier molecular flexibility index (Phi) is 7.25. The van der Waals surface area contributed by atoms with E-state index in [1.165, 1.54) is 50.9 Å². The van der Waals surface area contributed by atoms with Crippen molar-refractivity contribution in [2.75, 3.05) is 26.2 Å². The molecule has 118 valence electrons. The van der Waals surface area contributed by atoms with Crippen molar-refractivity contribution in [3.63, 3.8) is 0 Å². The van der Waals surface area contributed by atoms with Crippen molar-refractivity contribution in [2.45, 2.75) is 52.0 Å². The van der Waals surface area contributed by atoms with Crippen LogP contribution in [0.15, 0.2) is 30.3 Å². The molecule has 1 heterocycles. The largest absolute Gasteiger partial charge is 0.312 e. The van der Waals surface area contributed by atoms with Crippen LogP contribution < -0.4 is 5.32 Å². The fourth-order valence-electron chi connectivity index (χ4n) is 3.14.